The van der Waals surface area contributed by atoms with Crippen LogP contribution in [0.4, 0.5) is 0 Å². The van der Waals surface area contributed by atoms with Crippen molar-refractivity contribution in [1.82, 2.24) is 5.32 Å². The van der Waals surface area contributed by atoms with Crippen LogP contribution in [-0.4, -0.2) is 25.8 Å². The van der Waals surface area contributed by atoms with Gasteiger partial charge in [0.2, 0.25) is 0 Å². The highest BCUT2D eigenvalue weighted by atomic mass is 35.5. The predicted octanol–water partition coefficient (Wildman–Crippen LogP) is 4.57. The standard InChI is InChI=1S/C19H21Cl2NO2/c20-16-7-4-8-17(21)19(16)24-18(15-9-10-22-11-15)13-23-12-14-5-2-1-3-6-14/h1-8,15,18,22H,9-13H2/t15?,18-/m0/s1. The van der Waals surface area contributed by atoms with Gasteiger partial charge in [0.25, 0.3) is 0 Å². The topological polar surface area (TPSA) is 30.5 Å². The molecule has 3 nitrogen and oxygen atoms in total. The van der Waals surface area contributed by atoms with Crippen LogP contribution in [-0.2, 0) is 11.3 Å². The Bertz CT molecular complexity index is 625. The van der Waals surface area contributed by atoms with Crippen LogP contribution in [0.2, 0.25) is 10.0 Å². The van der Waals surface area contributed by atoms with E-state index in [-0.39, 0.29) is 6.10 Å². The van der Waals surface area contributed by atoms with Crippen LogP contribution in [0.5, 0.6) is 5.75 Å². The highest BCUT2D eigenvalue weighted by Crippen LogP contribution is 2.34. The van der Waals surface area contributed by atoms with E-state index < -0.39 is 0 Å². The largest absolute Gasteiger partial charge is 0.485 e. The molecule has 2 aromatic rings. The van der Waals surface area contributed by atoms with Crippen LogP contribution in [0.3, 0.4) is 0 Å². The summed E-state index contributed by atoms with van der Waals surface area (Å²) in [5, 5.41) is 4.43. The first kappa shape index (κ1) is 17.6. The molecule has 0 radical (unpaired) electrons. The SMILES string of the molecule is Clc1cccc(Cl)c1O[C@@H](COCc1ccccc1)C1CCNC1. The minimum absolute atomic E-state index is 0.0823. The number of hydrogen-bond donors (Lipinski definition) is 1. The highest BCUT2D eigenvalue weighted by molar-refractivity contribution is 6.37. The van der Waals surface area contributed by atoms with Crippen LogP contribution in [0.25, 0.3) is 0 Å². The lowest BCUT2D eigenvalue weighted by Gasteiger charge is -2.25. The predicted molar refractivity (Wildman–Crippen MR) is 98.0 cm³/mol. The zero-order chi connectivity index (χ0) is 16.8. The summed E-state index contributed by atoms with van der Waals surface area (Å²) in [6.45, 7) is 2.99. The third-order valence-corrected chi connectivity index (χ3v) is 4.80. The molecule has 0 amide bonds. The maximum absolute atomic E-state index is 6.24. The van der Waals surface area contributed by atoms with E-state index in [2.05, 4.69) is 17.4 Å². The van der Waals surface area contributed by atoms with Crippen molar-refractivity contribution in [3.8, 4) is 5.75 Å². The van der Waals surface area contributed by atoms with Crippen molar-refractivity contribution in [2.45, 2.75) is 19.1 Å². The van der Waals surface area contributed by atoms with Gasteiger partial charge in [-0.15, -0.1) is 0 Å². The molecule has 0 aromatic heterocycles. The molecular formula is C19H21Cl2NO2. The molecule has 5 heteroatoms. The third-order valence-electron chi connectivity index (χ3n) is 4.21. The fourth-order valence-electron chi connectivity index (χ4n) is 2.87. The average molecular weight is 366 g/mol. The fourth-order valence-corrected chi connectivity index (χ4v) is 3.36. The zero-order valence-electron chi connectivity index (χ0n) is 13.4. The van der Waals surface area contributed by atoms with E-state index in [1.807, 2.05) is 24.3 Å². The number of hydrogen-bond acceptors (Lipinski definition) is 3. The molecule has 1 N–H and O–H groups in total. The number of para-hydroxylation sites is 1. The van der Waals surface area contributed by atoms with Crippen LogP contribution in [0, 0.1) is 5.92 Å². The first-order valence-electron chi connectivity index (χ1n) is 8.17. The minimum atomic E-state index is -0.0823. The molecular weight excluding hydrogens is 345 g/mol. The Labute approximate surface area is 152 Å². The molecule has 1 heterocycles. The molecule has 128 valence electrons. The first-order chi connectivity index (χ1) is 11.7. The van der Waals surface area contributed by atoms with Gasteiger partial charge in [-0.25, -0.2) is 0 Å². The summed E-state index contributed by atoms with van der Waals surface area (Å²) >= 11 is 12.5. The van der Waals surface area contributed by atoms with Crippen molar-refractivity contribution < 1.29 is 9.47 Å². The van der Waals surface area contributed by atoms with Crippen LogP contribution in [0.1, 0.15) is 12.0 Å². The van der Waals surface area contributed by atoms with Gasteiger partial charge in [0.1, 0.15) is 6.10 Å². The lowest BCUT2D eigenvalue weighted by Crippen LogP contribution is -2.33. The van der Waals surface area contributed by atoms with Gasteiger partial charge >= 0.3 is 0 Å². The van der Waals surface area contributed by atoms with E-state index in [0.29, 0.717) is 34.9 Å². The Morgan fingerprint density at radius 1 is 1.04 bits per heavy atom. The van der Waals surface area contributed by atoms with Gasteiger partial charge in [-0.2, -0.15) is 0 Å². The lowest BCUT2D eigenvalue weighted by atomic mass is 10.0. The summed E-state index contributed by atoms with van der Waals surface area (Å²) < 4.78 is 12.1. The van der Waals surface area contributed by atoms with Gasteiger partial charge in [-0.1, -0.05) is 59.6 Å². The number of rotatable bonds is 7. The normalized spacial score (nSPS) is 18.5. The van der Waals surface area contributed by atoms with Crippen molar-refractivity contribution in [2.24, 2.45) is 5.92 Å². The molecule has 24 heavy (non-hydrogen) atoms. The van der Waals surface area contributed by atoms with Crippen LogP contribution < -0.4 is 10.1 Å². The maximum Gasteiger partial charge on any atom is 0.157 e. The molecule has 0 bridgehead atoms. The Kier molecular flexibility index (Phi) is 6.38. The second-order valence-corrected chi connectivity index (χ2v) is 6.78. The summed E-state index contributed by atoms with van der Waals surface area (Å²) in [6, 6.07) is 15.5. The van der Waals surface area contributed by atoms with Crippen molar-refractivity contribution in [3.05, 3.63) is 64.1 Å². The summed E-state index contributed by atoms with van der Waals surface area (Å²) in [6.07, 6.45) is 0.975. The van der Waals surface area contributed by atoms with Gasteiger partial charge in [0.15, 0.2) is 5.75 Å². The Morgan fingerprint density at radius 3 is 2.46 bits per heavy atom. The van der Waals surface area contributed by atoms with Gasteiger partial charge < -0.3 is 14.8 Å². The summed E-state index contributed by atoms with van der Waals surface area (Å²) in [5.41, 5.74) is 1.15. The van der Waals surface area contributed by atoms with E-state index in [0.717, 1.165) is 25.1 Å². The Hall–Kier alpha value is -1.26. The number of nitrogens with one attached hydrogen (secondary N) is 1. The molecule has 2 atom stereocenters. The quantitative estimate of drug-likeness (QED) is 0.779. The van der Waals surface area contributed by atoms with Gasteiger partial charge in [0, 0.05) is 12.5 Å². The van der Waals surface area contributed by atoms with Crippen molar-refractivity contribution >= 4 is 23.2 Å². The minimum Gasteiger partial charge on any atom is -0.485 e. The first-order valence-corrected chi connectivity index (χ1v) is 8.92. The van der Waals surface area contributed by atoms with Crippen molar-refractivity contribution in [1.29, 1.82) is 0 Å². The van der Waals surface area contributed by atoms with E-state index in [1.165, 1.54) is 0 Å². The summed E-state index contributed by atoms with van der Waals surface area (Å²) in [7, 11) is 0. The molecule has 1 aliphatic rings. The van der Waals surface area contributed by atoms with E-state index >= 15 is 0 Å². The molecule has 1 unspecified atom stereocenters. The smallest absolute Gasteiger partial charge is 0.157 e. The second-order valence-electron chi connectivity index (χ2n) is 5.96. The van der Waals surface area contributed by atoms with Gasteiger partial charge in [-0.05, 0) is 30.7 Å². The molecule has 3 rings (SSSR count). The van der Waals surface area contributed by atoms with Crippen LogP contribution >= 0.6 is 23.2 Å². The monoisotopic (exact) mass is 365 g/mol. The zero-order valence-corrected chi connectivity index (χ0v) is 14.9. The summed E-state index contributed by atoms with van der Waals surface area (Å²) in [5.74, 6) is 0.925. The molecule has 1 aliphatic heterocycles. The van der Waals surface area contributed by atoms with Crippen molar-refractivity contribution in [2.75, 3.05) is 19.7 Å². The molecule has 0 saturated carbocycles. The van der Waals surface area contributed by atoms with Crippen molar-refractivity contribution in [3.63, 3.8) is 0 Å². The molecule has 0 aliphatic carbocycles. The fraction of sp³-hybridized carbons (Fsp3) is 0.368. The maximum atomic E-state index is 6.24. The average Bonchev–Trinajstić information content (AvgIpc) is 3.12. The van der Waals surface area contributed by atoms with Gasteiger partial charge in [0.05, 0.1) is 23.3 Å². The molecule has 1 saturated heterocycles. The van der Waals surface area contributed by atoms with E-state index in [4.69, 9.17) is 32.7 Å². The lowest BCUT2D eigenvalue weighted by molar-refractivity contribution is 0.0166. The molecule has 0 spiro atoms. The summed E-state index contributed by atoms with van der Waals surface area (Å²) in [4.78, 5) is 0. The number of ether oxygens (including phenoxy) is 2. The van der Waals surface area contributed by atoms with Gasteiger partial charge in [-0.3, -0.25) is 0 Å². The van der Waals surface area contributed by atoms with E-state index in [9.17, 15) is 0 Å². The molecule has 2 aromatic carbocycles. The Balaban J connectivity index is 1.65. The third kappa shape index (κ3) is 4.64. The number of halogens is 2. The Morgan fingerprint density at radius 2 is 1.79 bits per heavy atom. The molecule has 1 fully saturated rings. The highest BCUT2D eigenvalue weighted by Gasteiger charge is 2.28. The second kappa shape index (κ2) is 8.72. The van der Waals surface area contributed by atoms with Crippen LogP contribution in [0.15, 0.2) is 48.5 Å². The van der Waals surface area contributed by atoms with E-state index in [1.54, 1.807) is 12.1 Å². The number of benzene rings is 2.